The smallest absolute Gasteiger partial charge is 0.126 e. The molecule has 3 atom stereocenters. The molecule has 0 aromatic heterocycles. The van der Waals surface area contributed by atoms with Gasteiger partial charge in [-0.05, 0) is 79.5 Å². The molecule has 2 rings (SSSR count). The molecule has 0 saturated carbocycles. The topological polar surface area (TPSA) is 60.0 Å². The van der Waals surface area contributed by atoms with Crippen LogP contribution < -0.4 is 10.5 Å². The first-order valence-corrected chi connectivity index (χ1v) is 14.7. The standard InChI is InChI=1S/C36H48FN3O/c1-10-14-29(17-16-24(5)12-3)33(15-11-2)40-35(25(6)13-4)27(8)39-36(38)32-22-30(23-34(41-9)26(32)7)28-18-20-31(37)21-19-28/h10,14-25,27H,1,11-13H2,2-9H3,(H2,38,39)/b17-16-,29-14+,33-15-,40-35?. The first kappa shape index (κ1) is 33.5. The minimum absolute atomic E-state index is 0.200. The van der Waals surface area contributed by atoms with Crippen molar-refractivity contribution in [1.82, 2.24) is 0 Å². The number of hydrogen-bond acceptors (Lipinski definition) is 3. The lowest BCUT2D eigenvalue weighted by molar-refractivity contribution is 0.412. The lowest BCUT2D eigenvalue weighted by atomic mass is 9.95. The van der Waals surface area contributed by atoms with E-state index >= 15 is 0 Å². The number of ether oxygens (including phenoxy) is 1. The van der Waals surface area contributed by atoms with E-state index in [4.69, 9.17) is 20.5 Å². The fraction of sp³-hybridized carbons (Fsp3) is 0.389. The predicted molar refractivity (Wildman–Crippen MR) is 175 cm³/mol. The van der Waals surface area contributed by atoms with Gasteiger partial charge in [0, 0.05) is 16.8 Å². The Kier molecular flexibility index (Phi) is 13.5. The molecule has 0 aliphatic heterocycles. The number of aliphatic imine (C=N–C) groups is 2. The minimum Gasteiger partial charge on any atom is -0.496 e. The highest BCUT2D eigenvalue weighted by molar-refractivity contribution is 6.03. The molecule has 0 saturated heterocycles. The van der Waals surface area contributed by atoms with Crippen molar-refractivity contribution in [3.8, 4) is 16.9 Å². The number of methoxy groups -OCH3 is 1. The van der Waals surface area contributed by atoms with E-state index in [-0.39, 0.29) is 17.8 Å². The summed E-state index contributed by atoms with van der Waals surface area (Å²) in [5.41, 5.74) is 13.0. The second-order valence-electron chi connectivity index (χ2n) is 10.5. The summed E-state index contributed by atoms with van der Waals surface area (Å²) in [5.74, 6) is 1.50. The Hall–Kier alpha value is -3.73. The van der Waals surface area contributed by atoms with E-state index in [1.807, 2.05) is 38.1 Å². The number of hydrogen-bond donors (Lipinski definition) is 1. The van der Waals surface area contributed by atoms with Crippen molar-refractivity contribution in [2.24, 2.45) is 27.6 Å². The van der Waals surface area contributed by atoms with Crippen LogP contribution in [0.15, 0.2) is 94.6 Å². The van der Waals surface area contributed by atoms with E-state index in [2.05, 4.69) is 59.4 Å². The zero-order valence-electron chi connectivity index (χ0n) is 26.2. The second-order valence-corrected chi connectivity index (χ2v) is 10.5. The molecule has 0 radical (unpaired) electrons. The van der Waals surface area contributed by atoms with Crippen molar-refractivity contribution >= 4 is 11.5 Å². The summed E-state index contributed by atoms with van der Waals surface area (Å²) in [6.45, 7) is 18.8. The minimum atomic E-state index is -0.280. The van der Waals surface area contributed by atoms with Gasteiger partial charge in [-0.3, -0.25) is 9.98 Å². The third kappa shape index (κ3) is 9.41. The summed E-state index contributed by atoms with van der Waals surface area (Å²) in [4.78, 5) is 10.2. The van der Waals surface area contributed by atoms with Gasteiger partial charge in [0.2, 0.25) is 0 Å². The van der Waals surface area contributed by atoms with Gasteiger partial charge in [-0.25, -0.2) is 4.39 Å². The fourth-order valence-electron chi connectivity index (χ4n) is 4.46. The van der Waals surface area contributed by atoms with Gasteiger partial charge in [0.05, 0.1) is 18.8 Å². The lowest BCUT2D eigenvalue weighted by Crippen LogP contribution is -2.27. The van der Waals surface area contributed by atoms with E-state index in [9.17, 15) is 4.39 Å². The molecule has 0 fully saturated rings. The third-order valence-corrected chi connectivity index (χ3v) is 7.40. The Bertz CT molecular complexity index is 1320. The molecule has 0 amide bonds. The molecule has 4 nitrogen and oxygen atoms in total. The molecule has 2 N–H and O–H groups in total. The van der Waals surface area contributed by atoms with E-state index in [1.165, 1.54) is 12.1 Å². The van der Waals surface area contributed by atoms with Gasteiger partial charge >= 0.3 is 0 Å². The van der Waals surface area contributed by atoms with Crippen LogP contribution in [0.5, 0.6) is 5.75 Å². The Labute approximate surface area is 247 Å². The number of allylic oxidation sites excluding steroid dienone is 5. The Balaban J connectivity index is 2.62. The molecule has 0 heterocycles. The maximum Gasteiger partial charge on any atom is 0.126 e. The number of nitrogens with zero attached hydrogens (tertiary/aromatic N) is 2. The highest BCUT2D eigenvalue weighted by atomic mass is 19.1. The van der Waals surface area contributed by atoms with E-state index in [0.717, 1.165) is 58.5 Å². The molecular formula is C36H48FN3O. The van der Waals surface area contributed by atoms with Crippen molar-refractivity contribution in [2.45, 2.75) is 73.8 Å². The van der Waals surface area contributed by atoms with E-state index < -0.39 is 0 Å². The largest absolute Gasteiger partial charge is 0.496 e. The van der Waals surface area contributed by atoms with Gasteiger partial charge in [-0.2, -0.15) is 0 Å². The predicted octanol–water partition coefficient (Wildman–Crippen LogP) is 9.40. The summed E-state index contributed by atoms with van der Waals surface area (Å²) in [7, 11) is 1.63. The number of halogens is 1. The van der Waals surface area contributed by atoms with Crippen LogP contribution in [0.3, 0.4) is 0 Å². The molecule has 0 aliphatic carbocycles. The van der Waals surface area contributed by atoms with Gasteiger partial charge in [0.15, 0.2) is 0 Å². The van der Waals surface area contributed by atoms with Crippen LogP contribution in [0.25, 0.3) is 11.1 Å². The van der Waals surface area contributed by atoms with Crippen LogP contribution >= 0.6 is 0 Å². The van der Waals surface area contributed by atoms with Gasteiger partial charge in [0.25, 0.3) is 0 Å². The summed E-state index contributed by atoms with van der Waals surface area (Å²) in [6, 6.07) is 10.1. The highest BCUT2D eigenvalue weighted by Crippen LogP contribution is 2.31. The Morgan fingerprint density at radius 3 is 2.29 bits per heavy atom. The normalized spacial score (nSPS) is 15.6. The monoisotopic (exact) mass is 557 g/mol. The van der Waals surface area contributed by atoms with Crippen LogP contribution in [0.1, 0.15) is 71.9 Å². The Morgan fingerprint density at radius 1 is 1.05 bits per heavy atom. The summed E-state index contributed by atoms with van der Waals surface area (Å²) >= 11 is 0. The Morgan fingerprint density at radius 2 is 1.73 bits per heavy atom. The van der Waals surface area contributed by atoms with Crippen molar-refractivity contribution in [3.63, 3.8) is 0 Å². The third-order valence-electron chi connectivity index (χ3n) is 7.40. The maximum atomic E-state index is 13.6. The van der Waals surface area contributed by atoms with Crippen LogP contribution in [-0.2, 0) is 0 Å². The molecule has 5 heteroatoms. The van der Waals surface area contributed by atoms with Gasteiger partial charge in [-0.15, -0.1) is 0 Å². The fourth-order valence-corrected chi connectivity index (χ4v) is 4.46. The van der Waals surface area contributed by atoms with Crippen LogP contribution in [0, 0.1) is 24.6 Å². The maximum absolute atomic E-state index is 13.6. The summed E-state index contributed by atoms with van der Waals surface area (Å²) in [6.07, 6.45) is 13.2. The second kappa shape index (κ2) is 16.5. The van der Waals surface area contributed by atoms with Crippen molar-refractivity contribution in [3.05, 3.63) is 102 Å². The zero-order valence-corrected chi connectivity index (χ0v) is 26.2. The van der Waals surface area contributed by atoms with Crippen LogP contribution in [0.2, 0.25) is 0 Å². The average molecular weight is 558 g/mol. The van der Waals surface area contributed by atoms with Crippen molar-refractivity contribution in [2.75, 3.05) is 7.11 Å². The number of amidine groups is 1. The molecule has 3 unspecified atom stereocenters. The number of benzene rings is 2. The summed E-state index contributed by atoms with van der Waals surface area (Å²) in [5, 5.41) is 0. The molecular weight excluding hydrogens is 509 g/mol. The van der Waals surface area contributed by atoms with Gasteiger partial charge < -0.3 is 10.5 Å². The molecule has 0 aliphatic rings. The molecule has 2 aromatic rings. The highest BCUT2D eigenvalue weighted by Gasteiger charge is 2.20. The van der Waals surface area contributed by atoms with Crippen molar-refractivity contribution < 1.29 is 9.13 Å². The number of nitrogens with two attached hydrogens (primary N) is 1. The first-order valence-electron chi connectivity index (χ1n) is 14.7. The summed E-state index contributed by atoms with van der Waals surface area (Å²) < 4.78 is 19.2. The SMILES string of the molecule is C=C/C=C(\C=C/C(C)CC)C(=C/CC)/N=C(C(C)CC)C(C)N=C(N)c1cc(-c2ccc(F)cc2)cc(OC)c1C. The molecule has 41 heavy (non-hydrogen) atoms. The van der Waals surface area contributed by atoms with Crippen LogP contribution in [0.4, 0.5) is 4.39 Å². The van der Waals surface area contributed by atoms with Crippen molar-refractivity contribution in [1.29, 1.82) is 0 Å². The lowest BCUT2D eigenvalue weighted by Gasteiger charge is -2.20. The van der Waals surface area contributed by atoms with E-state index in [0.29, 0.717) is 17.5 Å². The van der Waals surface area contributed by atoms with Gasteiger partial charge in [0.1, 0.15) is 17.4 Å². The molecule has 0 spiro atoms. The van der Waals surface area contributed by atoms with Gasteiger partial charge in [-0.1, -0.05) is 90.1 Å². The first-order chi connectivity index (χ1) is 19.6. The van der Waals surface area contributed by atoms with E-state index in [1.54, 1.807) is 19.2 Å². The molecule has 220 valence electrons. The van der Waals surface area contributed by atoms with Crippen LogP contribution in [-0.4, -0.2) is 24.7 Å². The molecule has 2 aromatic carbocycles. The zero-order chi connectivity index (χ0) is 30.5. The average Bonchev–Trinajstić information content (AvgIpc) is 2.97. The molecule has 0 bridgehead atoms. The number of rotatable bonds is 14. The quantitative estimate of drug-likeness (QED) is 0.143.